The molecule has 0 aromatic heterocycles. The number of rotatable bonds is 3. The number of likely N-dealkylation sites (N-methyl/N-ethyl adjacent to an activating group) is 1. The molecule has 0 N–H and O–H groups in total. The molecule has 2 aliphatic heterocycles. The highest BCUT2D eigenvalue weighted by atomic mass is 35.5. The van der Waals surface area contributed by atoms with Gasteiger partial charge in [0.25, 0.3) is 0 Å². The van der Waals surface area contributed by atoms with Crippen LogP contribution in [0.3, 0.4) is 0 Å². The van der Waals surface area contributed by atoms with Crippen LogP contribution in [0.15, 0.2) is 12.1 Å². The van der Waals surface area contributed by atoms with E-state index in [0.29, 0.717) is 0 Å². The molecule has 1 atom stereocenters. The van der Waals surface area contributed by atoms with Gasteiger partial charge in [-0.05, 0) is 48.7 Å². The van der Waals surface area contributed by atoms with E-state index < -0.39 is 0 Å². The molecular weight excluding hydrogens is 382 g/mol. The molecule has 0 amide bonds. The van der Waals surface area contributed by atoms with Crippen molar-refractivity contribution in [3.8, 4) is 39.9 Å². The first-order chi connectivity index (χ1) is 13.2. The van der Waals surface area contributed by atoms with E-state index in [2.05, 4.69) is 24.1 Å². The number of fused-ring (bicyclic) bond motifs is 4. The molecule has 1 aliphatic carbocycles. The highest BCUT2D eigenvalue weighted by molar-refractivity contribution is 5.87. The average molecular weight is 406 g/mol. The van der Waals surface area contributed by atoms with Crippen molar-refractivity contribution in [3.05, 3.63) is 28.8 Å². The summed E-state index contributed by atoms with van der Waals surface area (Å²) >= 11 is 0. The van der Waals surface area contributed by atoms with Crippen LogP contribution in [0.25, 0.3) is 11.1 Å². The van der Waals surface area contributed by atoms with Crippen LogP contribution in [-0.2, 0) is 12.8 Å². The minimum atomic E-state index is 0. The van der Waals surface area contributed by atoms with Crippen LogP contribution in [0.5, 0.6) is 28.7 Å². The van der Waals surface area contributed by atoms with E-state index in [1.165, 1.54) is 16.7 Å². The van der Waals surface area contributed by atoms with E-state index in [-0.39, 0.29) is 25.2 Å². The highest BCUT2D eigenvalue weighted by Gasteiger charge is 2.41. The van der Waals surface area contributed by atoms with Crippen LogP contribution >= 0.6 is 12.4 Å². The lowest BCUT2D eigenvalue weighted by Gasteiger charge is -2.40. The van der Waals surface area contributed by atoms with E-state index >= 15 is 0 Å². The molecular formula is C21H24ClNO5. The molecule has 0 unspecified atom stereocenters. The summed E-state index contributed by atoms with van der Waals surface area (Å²) in [5, 5.41) is 0. The maximum Gasteiger partial charge on any atom is 0.231 e. The van der Waals surface area contributed by atoms with E-state index in [1.54, 1.807) is 21.3 Å². The zero-order valence-electron chi connectivity index (χ0n) is 16.5. The van der Waals surface area contributed by atoms with Crippen molar-refractivity contribution in [3.63, 3.8) is 0 Å². The second-order valence-corrected chi connectivity index (χ2v) is 7.18. The lowest BCUT2D eigenvalue weighted by molar-refractivity contribution is 0.171. The van der Waals surface area contributed by atoms with Crippen molar-refractivity contribution < 1.29 is 23.7 Å². The van der Waals surface area contributed by atoms with E-state index in [9.17, 15) is 0 Å². The molecule has 6 nitrogen and oxygen atoms in total. The third-order valence-electron chi connectivity index (χ3n) is 5.99. The Bertz CT molecular complexity index is 945. The summed E-state index contributed by atoms with van der Waals surface area (Å²) < 4.78 is 28.6. The zero-order valence-corrected chi connectivity index (χ0v) is 17.3. The fraction of sp³-hybridized carbons (Fsp3) is 0.429. The summed E-state index contributed by atoms with van der Waals surface area (Å²) in [4.78, 5) is 2.41. The lowest BCUT2D eigenvalue weighted by atomic mass is 9.76. The molecule has 0 spiro atoms. The Morgan fingerprint density at radius 1 is 1.00 bits per heavy atom. The number of hydrogen-bond donors (Lipinski definition) is 0. The second kappa shape index (κ2) is 6.94. The van der Waals surface area contributed by atoms with E-state index in [1.807, 2.05) is 0 Å². The van der Waals surface area contributed by atoms with Gasteiger partial charge in [0, 0.05) is 23.7 Å². The summed E-state index contributed by atoms with van der Waals surface area (Å²) in [6.45, 7) is 1.19. The van der Waals surface area contributed by atoms with Crippen molar-refractivity contribution in [2.45, 2.75) is 18.9 Å². The van der Waals surface area contributed by atoms with Crippen molar-refractivity contribution >= 4 is 12.4 Å². The minimum Gasteiger partial charge on any atom is -0.493 e. The summed E-state index contributed by atoms with van der Waals surface area (Å²) in [6, 6.07) is 4.42. The fourth-order valence-corrected chi connectivity index (χ4v) is 4.72. The molecule has 2 aromatic carbocycles. The standard InChI is InChI=1S/C21H23NO5.ClH/c1-22-6-5-12-17-14(22)7-11-8-15(23-2)16(24-3)9-13(11)18(17)20-21(19(12)25-4)27-10-26-20;/h8-9,14H,5-7,10H2,1-4H3;1H/t14-;/m0./s1. The van der Waals surface area contributed by atoms with Gasteiger partial charge >= 0.3 is 0 Å². The summed E-state index contributed by atoms with van der Waals surface area (Å²) in [5.74, 6) is 3.79. The monoisotopic (exact) mass is 405 g/mol. The largest absolute Gasteiger partial charge is 0.493 e. The van der Waals surface area contributed by atoms with Crippen LogP contribution in [-0.4, -0.2) is 46.6 Å². The predicted molar refractivity (Wildman–Crippen MR) is 108 cm³/mol. The van der Waals surface area contributed by atoms with Gasteiger partial charge in [0.15, 0.2) is 23.0 Å². The second-order valence-electron chi connectivity index (χ2n) is 7.18. The molecule has 0 radical (unpaired) electrons. The van der Waals surface area contributed by atoms with Crippen LogP contribution in [0.1, 0.15) is 22.7 Å². The van der Waals surface area contributed by atoms with Gasteiger partial charge in [0.05, 0.1) is 21.3 Å². The smallest absolute Gasteiger partial charge is 0.231 e. The van der Waals surface area contributed by atoms with Gasteiger partial charge in [-0.1, -0.05) is 0 Å². The molecule has 5 rings (SSSR count). The summed E-state index contributed by atoms with van der Waals surface area (Å²) in [5.41, 5.74) is 5.99. The van der Waals surface area contributed by atoms with Gasteiger partial charge in [-0.3, -0.25) is 4.90 Å². The maximum atomic E-state index is 5.94. The normalized spacial score (nSPS) is 18.6. The maximum absolute atomic E-state index is 5.94. The number of methoxy groups -OCH3 is 3. The van der Waals surface area contributed by atoms with Gasteiger partial charge in [-0.2, -0.15) is 0 Å². The Kier molecular flexibility index (Phi) is 4.71. The van der Waals surface area contributed by atoms with Gasteiger partial charge in [-0.25, -0.2) is 0 Å². The van der Waals surface area contributed by atoms with Gasteiger partial charge in [0.1, 0.15) is 0 Å². The number of halogens is 1. The average Bonchev–Trinajstić information content (AvgIpc) is 3.18. The first-order valence-electron chi connectivity index (χ1n) is 9.15. The molecule has 2 heterocycles. The van der Waals surface area contributed by atoms with Crippen molar-refractivity contribution in [2.75, 3.05) is 41.7 Å². The number of nitrogens with zero attached hydrogens (tertiary/aromatic N) is 1. The number of hydrogen-bond acceptors (Lipinski definition) is 6. The van der Waals surface area contributed by atoms with Gasteiger partial charge < -0.3 is 23.7 Å². The molecule has 0 saturated carbocycles. The van der Waals surface area contributed by atoms with Crippen molar-refractivity contribution in [1.82, 2.24) is 4.90 Å². The molecule has 150 valence electrons. The third-order valence-corrected chi connectivity index (χ3v) is 5.99. The fourth-order valence-electron chi connectivity index (χ4n) is 4.72. The zero-order chi connectivity index (χ0) is 18.7. The van der Waals surface area contributed by atoms with Gasteiger partial charge in [0.2, 0.25) is 12.5 Å². The Morgan fingerprint density at radius 2 is 1.71 bits per heavy atom. The SMILES string of the molecule is COc1cc2c(cc1OC)-c1c3c(c(OC)c4c1[C@H](C2)N(C)CC4)OCO3.Cl. The topological polar surface area (TPSA) is 49.4 Å². The molecule has 7 heteroatoms. The van der Waals surface area contributed by atoms with Crippen LogP contribution in [0.2, 0.25) is 0 Å². The summed E-state index contributed by atoms with van der Waals surface area (Å²) in [7, 11) is 7.22. The predicted octanol–water partition coefficient (Wildman–Crippen LogP) is 3.62. The third kappa shape index (κ3) is 2.44. The van der Waals surface area contributed by atoms with Gasteiger partial charge in [-0.15, -0.1) is 12.4 Å². The Balaban J connectivity index is 0.00000192. The van der Waals surface area contributed by atoms with Crippen molar-refractivity contribution in [1.29, 1.82) is 0 Å². The first-order valence-corrected chi connectivity index (χ1v) is 9.15. The highest BCUT2D eigenvalue weighted by Crippen LogP contribution is 2.59. The number of benzene rings is 2. The Hall–Kier alpha value is -2.31. The molecule has 0 fully saturated rings. The molecule has 0 bridgehead atoms. The lowest BCUT2D eigenvalue weighted by Crippen LogP contribution is -2.35. The minimum absolute atomic E-state index is 0. The molecule has 2 aromatic rings. The van der Waals surface area contributed by atoms with E-state index in [4.69, 9.17) is 23.7 Å². The van der Waals surface area contributed by atoms with Crippen molar-refractivity contribution in [2.24, 2.45) is 0 Å². The number of ether oxygens (including phenoxy) is 5. The van der Waals surface area contributed by atoms with Crippen LogP contribution in [0.4, 0.5) is 0 Å². The summed E-state index contributed by atoms with van der Waals surface area (Å²) in [6.07, 6.45) is 1.84. The quantitative estimate of drug-likeness (QED) is 0.777. The Morgan fingerprint density at radius 3 is 2.43 bits per heavy atom. The van der Waals surface area contributed by atoms with E-state index in [0.717, 1.165) is 59.3 Å². The molecule has 28 heavy (non-hydrogen) atoms. The molecule has 3 aliphatic rings. The van der Waals surface area contributed by atoms with Crippen LogP contribution < -0.4 is 23.7 Å². The van der Waals surface area contributed by atoms with Crippen LogP contribution in [0, 0.1) is 0 Å². The Labute approximate surface area is 170 Å². The molecule has 0 saturated heterocycles. The first kappa shape index (κ1) is 19.0.